The number of halogens is 1. The fraction of sp³-hybridized carbons (Fsp3) is 0.333. The van der Waals surface area contributed by atoms with E-state index in [1.807, 2.05) is 0 Å². The van der Waals surface area contributed by atoms with Gasteiger partial charge in [0.15, 0.2) is 0 Å². The largest absolute Gasteiger partial charge is 1.00 e. The summed E-state index contributed by atoms with van der Waals surface area (Å²) < 4.78 is 20.6. The van der Waals surface area contributed by atoms with E-state index in [4.69, 9.17) is 0 Å². The van der Waals surface area contributed by atoms with Crippen molar-refractivity contribution in [3.05, 3.63) is 12.4 Å². The van der Waals surface area contributed by atoms with E-state index in [-0.39, 0.29) is 65.4 Å². The van der Waals surface area contributed by atoms with E-state index in [9.17, 15) is 18.7 Å². The van der Waals surface area contributed by atoms with Gasteiger partial charge in [-0.1, -0.05) is 13.7 Å². The molecule has 0 aromatic rings. The van der Waals surface area contributed by atoms with Crippen molar-refractivity contribution in [3.8, 4) is 0 Å². The number of hydrogen-bond donors (Lipinski definition) is 0. The molecule has 0 saturated heterocycles. The van der Waals surface area contributed by atoms with Crippen LogP contribution in [0.25, 0.3) is 0 Å². The van der Waals surface area contributed by atoms with Crippen molar-refractivity contribution in [3.63, 3.8) is 0 Å². The number of rotatable bonds is 2. The fourth-order valence-electron chi connectivity index (χ4n) is 0.169. The van der Waals surface area contributed by atoms with Crippen LogP contribution in [0.1, 0.15) is 0 Å². The van der Waals surface area contributed by atoms with Crippen LogP contribution in [0.15, 0.2) is 12.4 Å². The molecular weight excluding hydrogens is 180 g/mol. The Hall–Kier alpha value is 1.82. The molecule has 0 aromatic carbocycles. The number of allylic oxidation sites excluding steroid dienone is 1. The van der Waals surface area contributed by atoms with Crippen molar-refractivity contribution in [2.24, 2.45) is 0 Å². The van der Waals surface area contributed by atoms with E-state index in [0.29, 0.717) is 6.08 Å². The van der Waals surface area contributed by atoms with Crippen molar-refractivity contribution in [1.29, 1.82) is 0 Å². The molecule has 0 aliphatic rings. The number of hydrogen-bond acceptors (Lipinski definition) is 3. The molecule has 0 spiro atoms. The first-order valence-electron chi connectivity index (χ1n) is 1.82. The molecule has 0 bridgehead atoms. The Morgan fingerprint density at radius 3 is 1.90 bits per heavy atom. The maximum Gasteiger partial charge on any atom is 1.00 e. The second kappa shape index (κ2) is 8.91. The molecular formula is C3H4FNa2O3P. The van der Waals surface area contributed by atoms with Crippen LogP contribution in [0.4, 0.5) is 4.39 Å². The second-order valence-corrected chi connectivity index (χ2v) is 2.74. The molecule has 0 amide bonds. The summed E-state index contributed by atoms with van der Waals surface area (Å²) in [6.07, 6.45) is -0.0628. The topological polar surface area (TPSA) is 63.2 Å². The van der Waals surface area contributed by atoms with Gasteiger partial charge in [-0.05, 0) is 6.16 Å². The molecule has 0 heterocycles. The van der Waals surface area contributed by atoms with Gasteiger partial charge >= 0.3 is 59.1 Å². The van der Waals surface area contributed by atoms with E-state index in [1.165, 1.54) is 0 Å². The van der Waals surface area contributed by atoms with Gasteiger partial charge in [0, 0.05) is 0 Å². The molecule has 0 unspecified atom stereocenters. The quantitative estimate of drug-likeness (QED) is 0.316. The molecule has 0 radical (unpaired) electrons. The zero-order valence-corrected chi connectivity index (χ0v) is 10.8. The molecule has 0 N–H and O–H groups in total. The zero-order chi connectivity index (χ0) is 6.62. The molecule has 0 aromatic heterocycles. The molecule has 10 heavy (non-hydrogen) atoms. The Morgan fingerprint density at radius 1 is 1.40 bits per heavy atom. The van der Waals surface area contributed by atoms with Gasteiger partial charge in [-0.3, -0.25) is 0 Å². The first-order valence-corrected chi connectivity index (χ1v) is 3.55. The third-order valence-electron chi connectivity index (χ3n) is 0.418. The van der Waals surface area contributed by atoms with Crippen LogP contribution in [0.5, 0.6) is 0 Å². The summed E-state index contributed by atoms with van der Waals surface area (Å²) >= 11 is 0. The summed E-state index contributed by atoms with van der Waals surface area (Å²) in [5.74, 6) is 0. The van der Waals surface area contributed by atoms with Crippen molar-refractivity contribution in [2.75, 3.05) is 6.16 Å². The first kappa shape index (κ1) is 17.8. The van der Waals surface area contributed by atoms with Gasteiger partial charge in [0.25, 0.3) is 0 Å². The van der Waals surface area contributed by atoms with Crippen LogP contribution in [0, 0.1) is 0 Å². The van der Waals surface area contributed by atoms with Gasteiger partial charge in [0.1, 0.15) is 0 Å². The fourth-order valence-corrected chi connectivity index (χ4v) is 0.507. The van der Waals surface area contributed by atoms with Crippen LogP contribution in [-0.2, 0) is 4.57 Å². The standard InChI is InChI=1S/C3H6FO3P.2Na/c4-2-1-3-8(5,6)7;;/h1-2H,3H2,(H2,5,6,7);;/q;2*+1/p-2. The Labute approximate surface area is 103 Å². The molecule has 0 saturated carbocycles. The van der Waals surface area contributed by atoms with Crippen molar-refractivity contribution < 1.29 is 77.9 Å². The molecule has 0 rings (SSSR count). The molecule has 0 atom stereocenters. The van der Waals surface area contributed by atoms with Gasteiger partial charge in [0.2, 0.25) is 0 Å². The van der Waals surface area contributed by atoms with Gasteiger partial charge in [0.05, 0.1) is 6.33 Å². The minimum atomic E-state index is -4.51. The second-order valence-electron chi connectivity index (χ2n) is 1.16. The third kappa shape index (κ3) is 16.4. The van der Waals surface area contributed by atoms with Crippen LogP contribution >= 0.6 is 7.60 Å². The predicted octanol–water partition coefficient (Wildman–Crippen LogP) is -6.61. The van der Waals surface area contributed by atoms with Gasteiger partial charge in [-0.25, -0.2) is 4.39 Å². The minimum absolute atomic E-state index is 0. The smallest absolute Gasteiger partial charge is 0.811 e. The van der Waals surface area contributed by atoms with Gasteiger partial charge < -0.3 is 14.4 Å². The van der Waals surface area contributed by atoms with Crippen LogP contribution < -0.4 is 68.9 Å². The summed E-state index contributed by atoms with van der Waals surface area (Å²) in [6, 6.07) is 0. The first-order chi connectivity index (χ1) is 3.56. The van der Waals surface area contributed by atoms with E-state index in [2.05, 4.69) is 0 Å². The van der Waals surface area contributed by atoms with Crippen LogP contribution in [0.2, 0.25) is 0 Å². The maximum atomic E-state index is 10.9. The van der Waals surface area contributed by atoms with E-state index in [0.717, 1.165) is 0 Å². The van der Waals surface area contributed by atoms with E-state index in [1.54, 1.807) is 0 Å². The molecule has 7 heteroatoms. The Balaban J connectivity index is -0.000000245. The predicted molar refractivity (Wildman–Crippen MR) is 22.7 cm³/mol. The normalized spacial score (nSPS) is 10.3. The summed E-state index contributed by atoms with van der Waals surface area (Å²) in [4.78, 5) is 19.3. The molecule has 0 aliphatic carbocycles. The minimum Gasteiger partial charge on any atom is -0.811 e. The van der Waals surface area contributed by atoms with Crippen LogP contribution in [0.3, 0.4) is 0 Å². The average molecular weight is 184 g/mol. The van der Waals surface area contributed by atoms with Gasteiger partial charge in [-0.2, -0.15) is 0 Å². The van der Waals surface area contributed by atoms with E-state index >= 15 is 0 Å². The summed E-state index contributed by atoms with van der Waals surface area (Å²) in [5, 5.41) is 0. The average Bonchev–Trinajstić information content (AvgIpc) is 1.59. The van der Waals surface area contributed by atoms with Crippen molar-refractivity contribution in [1.82, 2.24) is 0 Å². The summed E-state index contributed by atoms with van der Waals surface area (Å²) in [7, 11) is -4.51. The molecule has 48 valence electrons. The Morgan fingerprint density at radius 2 is 1.80 bits per heavy atom. The van der Waals surface area contributed by atoms with E-state index < -0.39 is 13.8 Å². The van der Waals surface area contributed by atoms with Crippen molar-refractivity contribution >= 4 is 7.60 Å². The Kier molecular flexibility index (Phi) is 15.9. The van der Waals surface area contributed by atoms with Gasteiger partial charge in [-0.15, -0.1) is 0 Å². The maximum absolute atomic E-state index is 10.9. The third-order valence-corrected chi connectivity index (χ3v) is 1.08. The summed E-state index contributed by atoms with van der Waals surface area (Å²) in [6.45, 7) is 0. The van der Waals surface area contributed by atoms with Crippen molar-refractivity contribution in [2.45, 2.75) is 0 Å². The summed E-state index contributed by atoms with van der Waals surface area (Å²) in [5.41, 5.74) is 0. The SMILES string of the molecule is O=P([O-])([O-])CC=CF.[Na+].[Na+]. The molecule has 0 aliphatic heterocycles. The molecule has 0 fully saturated rings. The Bertz CT molecular complexity index is 134. The molecule has 3 nitrogen and oxygen atoms in total. The zero-order valence-electron chi connectivity index (χ0n) is 5.91. The van der Waals surface area contributed by atoms with Crippen LogP contribution in [-0.4, -0.2) is 6.16 Å². The monoisotopic (exact) mass is 184 g/mol.